The topological polar surface area (TPSA) is 41.5 Å². The molecule has 2 aliphatic rings. The number of phenols is 1. The molecule has 2 aliphatic heterocycles. The van der Waals surface area contributed by atoms with Gasteiger partial charge in [-0.2, -0.15) is 0 Å². The van der Waals surface area contributed by atoms with Crippen molar-refractivity contribution >= 4 is 21.6 Å². The van der Waals surface area contributed by atoms with Crippen LogP contribution < -0.4 is 5.32 Å². The first-order valence-corrected chi connectivity index (χ1v) is 9.46. The van der Waals surface area contributed by atoms with Crippen LogP contribution in [0.5, 0.6) is 5.75 Å². The second-order valence-corrected chi connectivity index (χ2v) is 7.56. The summed E-state index contributed by atoms with van der Waals surface area (Å²) in [5.74, 6) is 0.689. The molecule has 4 heteroatoms. The quantitative estimate of drug-likeness (QED) is 0.729. The van der Waals surface area contributed by atoms with Crippen LogP contribution in [-0.2, 0) is 11.2 Å². The molecule has 0 spiro atoms. The Morgan fingerprint density at radius 2 is 2.12 bits per heavy atom. The summed E-state index contributed by atoms with van der Waals surface area (Å²) in [6.07, 6.45) is 3.44. The van der Waals surface area contributed by atoms with E-state index in [9.17, 15) is 5.11 Å². The fourth-order valence-electron chi connectivity index (χ4n) is 3.99. The average Bonchev–Trinajstić information content (AvgIpc) is 2.63. The number of rotatable bonds is 2. The van der Waals surface area contributed by atoms with Gasteiger partial charge in [-0.15, -0.1) is 0 Å². The van der Waals surface area contributed by atoms with Gasteiger partial charge in [-0.05, 0) is 64.5 Å². The third-order valence-electron chi connectivity index (χ3n) is 5.27. The van der Waals surface area contributed by atoms with Crippen LogP contribution in [0.25, 0.3) is 0 Å². The molecule has 126 valence electrons. The Morgan fingerprint density at radius 3 is 2.92 bits per heavy atom. The number of phenolic OH excluding ortho intramolecular Hbond substituents is 1. The van der Waals surface area contributed by atoms with Crippen molar-refractivity contribution in [2.75, 3.05) is 11.9 Å². The number of hydrogen-bond acceptors (Lipinski definition) is 3. The predicted octanol–water partition coefficient (Wildman–Crippen LogP) is 5.35. The van der Waals surface area contributed by atoms with E-state index in [4.69, 9.17) is 4.74 Å². The van der Waals surface area contributed by atoms with E-state index in [1.54, 1.807) is 6.07 Å². The molecule has 0 aliphatic carbocycles. The highest BCUT2D eigenvalue weighted by Gasteiger charge is 2.39. The minimum absolute atomic E-state index is 0.152. The molecule has 2 aromatic rings. The van der Waals surface area contributed by atoms with Gasteiger partial charge in [-0.3, -0.25) is 0 Å². The molecular weight excluding hydrogens is 366 g/mol. The van der Waals surface area contributed by atoms with Gasteiger partial charge in [0, 0.05) is 23.8 Å². The number of aromatic hydroxyl groups is 1. The first kappa shape index (κ1) is 16.0. The smallest absolute Gasteiger partial charge is 0.129 e. The van der Waals surface area contributed by atoms with Crippen molar-refractivity contribution in [3.8, 4) is 5.75 Å². The fraction of sp³-hybridized carbons (Fsp3) is 0.400. The van der Waals surface area contributed by atoms with E-state index >= 15 is 0 Å². The van der Waals surface area contributed by atoms with Crippen LogP contribution in [0.4, 0.5) is 5.69 Å². The van der Waals surface area contributed by atoms with Crippen molar-refractivity contribution in [1.82, 2.24) is 0 Å². The van der Waals surface area contributed by atoms with Crippen LogP contribution in [0.1, 0.15) is 48.6 Å². The van der Waals surface area contributed by atoms with Crippen LogP contribution in [0, 0.1) is 5.92 Å². The van der Waals surface area contributed by atoms with Crippen LogP contribution >= 0.6 is 15.9 Å². The maximum Gasteiger partial charge on any atom is 0.129 e. The number of anilines is 1. The zero-order chi connectivity index (χ0) is 16.7. The van der Waals surface area contributed by atoms with Crippen molar-refractivity contribution in [3.63, 3.8) is 0 Å². The van der Waals surface area contributed by atoms with Gasteiger partial charge in [0.1, 0.15) is 5.75 Å². The van der Waals surface area contributed by atoms with E-state index in [0.717, 1.165) is 30.3 Å². The molecular formula is C20H22BrNO2. The minimum Gasteiger partial charge on any atom is -0.507 e. The lowest BCUT2D eigenvalue weighted by molar-refractivity contribution is -0.0381. The van der Waals surface area contributed by atoms with Crippen molar-refractivity contribution in [1.29, 1.82) is 0 Å². The SMILES string of the molecule is CCc1ccc2c(c1)[C@H]1OCCC[C@H]1[C@@H](c1ccc(O)c(Br)c1)N2. The Bertz CT molecular complexity index is 761. The molecule has 2 N–H and O–H groups in total. The number of hydrogen-bond donors (Lipinski definition) is 2. The largest absolute Gasteiger partial charge is 0.507 e. The second kappa shape index (κ2) is 6.41. The van der Waals surface area contributed by atoms with E-state index in [0.29, 0.717) is 5.92 Å². The third kappa shape index (κ3) is 2.72. The van der Waals surface area contributed by atoms with Crippen molar-refractivity contribution < 1.29 is 9.84 Å². The molecule has 0 aromatic heterocycles. The van der Waals surface area contributed by atoms with Gasteiger partial charge < -0.3 is 15.2 Å². The van der Waals surface area contributed by atoms with Gasteiger partial charge >= 0.3 is 0 Å². The number of nitrogens with one attached hydrogen (secondary N) is 1. The summed E-state index contributed by atoms with van der Waals surface area (Å²) in [6.45, 7) is 3.02. The molecule has 0 amide bonds. The van der Waals surface area contributed by atoms with Crippen molar-refractivity contribution in [2.45, 2.75) is 38.3 Å². The Morgan fingerprint density at radius 1 is 1.25 bits per heavy atom. The maximum absolute atomic E-state index is 9.80. The van der Waals surface area contributed by atoms with Crippen molar-refractivity contribution in [3.05, 3.63) is 57.6 Å². The maximum atomic E-state index is 9.80. The third-order valence-corrected chi connectivity index (χ3v) is 5.90. The van der Waals surface area contributed by atoms with Gasteiger partial charge in [0.2, 0.25) is 0 Å². The molecule has 3 atom stereocenters. The van der Waals surface area contributed by atoms with Crippen LogP contribution in [0.3, 0.4) is 0 Å². The van der Waals surface area contributed by atoms with Gasteiger partial charge in [0.25, 0.3) is 0 Å². The van der Waals surface area contributed by atoms with Crippen molar-refractivity contribution in [2.24, 2.45) is 5.92 Å². The fourth-order valence-corrected chi connectivity index (χ4v) is 4.38. The molecule has 0 radical (unpaired) electrons. The number of aryl methyl sites for hydroxylation is 1. The van der Waals surface area contributed by atoms with Gasteiger partial charge in [-0.25, -0.2) is 0 Å². The van der Waals surface area contributed by atoms with Gasteiger partial charge in [0.05, 0.1) is 16.6 Å². The predicted molar refractivity (Wildman–Crippen MR) is 99.4 cm³/mol. The van der Waals surface area contributed by atoms with E-state index in [-0.39, 0.29) is 17.9 Å². The molecule has 0 unspecified atom stereocenters. The molecule has 3 nitrogen and oxygen atoms in total. The number of fused-ring (bicyclic) bond motifs is 3. The summed E-state index contributed by atoms with van der Waals surface area (Å²) in [6, 6.07) is 12.7. The van der Waals surface area contributed by atoms with Gasteiger partial charge in [0.15, 0.2) is 0 Å². The summed E-state index contributed by atoms with van der Waals surface area (Å²) >= 11 is 3.44. The lowest BCUT2D eigenvalue weighted by Crippen LogP contribution is -2.36. The van der Waals surface area contributed by atoms with Crippen LogP contribution in [0.15, 0.2) is 40.9 Å². The highest BCUT2D eigenvalue weighted by Crippen LogP contribution is 2.49. The highest BCUT2D eigenvalue weighted by molar-refractivity contribution is 9.10. The zero-order valence-corrected chi connectivity index (χ0v) is 15.3. The molecule has 1 saturated heterocycles. The lowest BCUT2D eigenvalue weighted by atomic mass is 9.77. The molecule has 2 heterocycles. The first-order valence-electron chi connectivity index (χ1n) is 8.66. The number of ether oxygens (including phenoxy) is 1. The lowest BCUT2D eigenvalue weighted by Gasteiger charge is -2.43. The molecule has 0 bridgehead atoms. The Labute approximate surface area is 151 Å². The molecule has 1 fully saturated rings. The highest BCUT2D eigenvalue weighted by atomic mass is 79.9. The zero-order valence-electron chi connectivity index (χ0n) is 13.8. The van der Waals surface area contributed by atoms with E-state index in [2.05, 4.69) is 46.4 Å². The minimum atomic E-state index is 0.152. The number of halogens is 1. The summed E-state index contributed by atoms with van der Waals surface area (Å²) < 4.78 is 6.95. The monoisotopic (exact) mass is 387 g/mol. The standard InChI is InChI=1S/C20H22BrNO2/c1-2-12-5-7-17-15(10-12)20-14(4-3-9-24-20)19(22-17)13-6-8-18(23)16(21)11-13/h5-8,10-11,14,19-20,22-23H,2-4,9H2,1H3/t14-,19+,20-/m0/s1. The summed E-state index contributed by atoms with van der Waals surface area (Å²) in [7, 11) is 0. The molecule has 2 aromatic carbocycles. The second-order valence-electron chi connectivity index (χ2n) is 6.71. The van der Waals surface area contributed by atoms with Gasteiger partial charge in [-0.1, -0.05) is 25.1 Å². The Hall–Kier alpha value is -1.52. The molecule has 4 rings (SSSR count). The van der Waals surface area contributed by atoms with Crippen LogP contribution in [-0.4, -0.2) is 11.7 Å². The normalized spacial score (nSPS) is 25.5. The van der Waals surface area contributed by atoms with E-state index < -0.39 is 0 Å². The summed E-state index contributed by atoms with van der Waals surface area (Å²) in [5.41, 5.74) is 5.01. The average molecular weight is 388 g/mol. The first-order chi connectivity index (χ1) is 11.7. The Balaban J connectivity index is 1.77. The summed E-state index contributed by atoms with van der Waals surface area (Å²) in [5, 5.41) is 13.5. The Kier molecular flexibility index (Phi) is 4.27. The van der Waals surface area contributed by atoms with E-state index in [1.807, 2.05) is 12.1 Å². The number of benzene rings is 2. The molecule has 24 heavy (non-hydrogen) atoms. The van der Waals surface area contributed by atoms with Crippen LogP contribution in [0.2, 0.25) is 0 Å². The molecule has 0 saturated carbocycles. The summed E-state index contributed by atoms with van der Waals surface area (Å²) in [4.78, 5) is 0. The van der Waals surface area contributed by atoms with E-state index in [1.165, 1.54) is 22.4 Å².